The van der Waals surface area contributed by atoms with Crippen LogP contribution in [0.1, 0.15) is 31.3 Å². The highest BCUT2D eigenvalue weighted by atomic mass is 15.3. The summed E-state index contributed by atoms with van der Waals surface area (Å²) in [5, 5.41) is 12.1. The standard InChI is InChI=1S/C12H19N5/c1-9(2)17-6-5-11(14-17)8-13-12-7-10(3)16(4)15-12/h5-7,9H,8H2,1-4H3,(H,13,15). The van der Waals surface area contributed by atoms with Gasteiger partial charge in [0.1, 0.15) is 5.82 Å². The Kier molecular flexibility index (Phi) is 3.17. The third kappa shape index (κ3) is 2.67. The predicted octanol–water partition coefficient (Wildman–Crippen LogP) is 2.12. The summed E-state index contributed by atoms with van der Waals surface area (Å²) in [6.07, 6.45) is 2.01. The van der Waals surface area contributed by atoms with Gasteiger partial charge in [0, 0.05) is 31.0 Å². The Hall–Kier alpha value is -1.78. The molecule has 5 heteroatoms. The van der Waals surface area contributed by atoms with Crippen molar-refractivity contribution in [2.75, 3.05) is 5.32 Å². The van der Waals surface area contributed by atoms with Gasteiger partial charge < -0.3 is 5.32 Å². The molecule has 0 bridgehead atoms. The van der Waals surface area contributed by atoms with Gasteiger partial charge in [-0.05, 0) is 26.8 Å². The Bertz CT molecular complexity index is 475. The van der Waals surface area contributed by atoms with Crippen LogP contribution in [0.5, 0.6) is 0 Å². The van der Waals surface area contributed by atoms with Gasteiger partial charge in [0.15, 0.2) is 0 Å². The van der Waals surface area contributed by atoms with Crippen LogP contribution in [0.15, 0.2) is 18.3 Å². The molecule has 0 aliphatic rings. The highest BCUT2D eigenvalue weighted by molar-refractivity contribution is 5.35. The molecule has 0 amide bonds. The van der Waals surface area contributed by atoms with Crippen LogP contribution in [-0.2, 0) is 13.6 Å². The first-order chi connectivity index (χ1) is 8.06. The number of anilines is 1. The lowest BCUT2D eigenvalue weighted by Crippen LogP contribution is -2.05. The van der Waals surface area contributed by atoms with Crippen molar-refractivity contribution in [1.82, 2.24) is 19.6 Å². The molecule has 2 aromatic rings. The Morgan fingerprint density at radius 2 is 2.12 bits per heavy atom. The molecule has 0 radical (unpaired) electrons. The molecule has 5 nitrogen and oxygen atoms in total. The van der Waals surface area contributed by atoms with Gasteiger partial charge in [-0.15, -0.1) is 0 Å². The Balaban J connectivity index is 1.97. The lowest BCUT2D eigenvalue weighted by atomic mass is 10.4. The number of aryl methyl sites for hydroxylation is 2. The normalized spacial score (nSPS) is 11.1. The highest BCUT2D eigenvalue weighted by Gasteiger charge is 2.04. The van der Waals surface area contributed by atoms with Crippen molar-refractivity contribution in [2.45, 2.75) is 33.4 Å². The van der Waals surface area contributed by atoms with Crippen LogP contribution in [-0.4, -0.2) is 19.6 Å². The third-order valence-electron chi connectivity index (χ3n) is 2.76. The monoisotopic (exact) mass is 233 g/mol. The molecule has 1 N–H and O–H groups in total. The van der Waals surface area contributed by atoms with Crippen molar-refractivity contribution in [3.63, 3.8) is 0 Å². The van der Waals surface area contributed by atoms with E-state index in [0.29, 0.717) is 12.6 Å². The van der Waals surface area contributed by atoms with Crippen molar-refractivity contribution in [3.8, 4) is 0 Å². The topological polar surface area (TPSA) is 47.7 Å². The summed E-state index contributed by atoms with van der Waals surface area (Å²) in [5.41, 5.74) is 2.17. The van der Waals surface area contributed by atoms with Crippen LogP contribution in [0, 0.1) is 6.92 Å². The van der Waals surface area contributed by atoms with E-state index in [1.165, 1.54) is 0 Å². The summed E-state index contributed by atoms with van der Waals surface area (Å²) in [6, 6.07) is 4.46. The average Bonchev–Trinajstić information content (AvgIpc) is 2.84. The number of hydrogen-bond donors (Lipinski definition) is 1. The molecule has 0 atom stereocenters. The molecule has 92 valence electrons. The van der Waals surface area contributed by atoms with Gasteiger partial charge in [-0.25, -0.2) is 0 Å². The van der Waals surface area contributed by atoms with Crippen LogP contribution >= 0.6 is 0 Å². The van der Waals surface area contributed by atoms with Crippen LogP contribution in [0.2, 0.25) is 0 Å². The van der Waals surface area contributed by atoms with E-state index in [0.717, 1.165) is 17.2 Å². The van der Waals surface area contributed by atoms with E-state index in [1.807, 2.05) is 41.7 Å². The molecule has 0 unspecified atom stereocenters. The molecule has 0 aliphatic carbocycles. The van der Waals surface area contributed by atoms with Crippen LogP contribution in [0.4, 0.5) is 5.82 Å². The van der Waals surface area contributed by atoms with Gasteiger partial charge in [-0.2, -0.15) is 10.2 Å². The quantitative estimate of drug-likeness (QED) is 0.880. The zero-order valence-electron chi connectivity index (χ0n) is 10.8. The molecule has 2 rings (SSSR count). The third-order valence-corrected chi connectivity index (χ3v) is 2.76. The summed E-state index contributed by atoms with van der Waals surface area (Å²) >= 11 is 0. The van der Waals surface area contributed by atoms with E-state index in [4.69, 9.17) is 0 Å². The molecule has 0 aromatic carbocycles. The molecule has 0 spiro atoms. The second-order valence-electron chi connectivity index (χ2n) is 4.53. The smallest absolute Gasteiger partial charge is 0.148 e. The molecular weight excluding hydrogens is 214 g/mol. The van der Waals surface area contributed by atoms with E-state index < -0.39 is 0 Å². The van der Waals surface area contributed by atoms with Crippen molar-refractivity contribution in [3.05, 3.63) is 29.7 Å². The first-order valence-electron chi connectivity index (χ1n) is 5.85. The van der Waals surface area contributed by atoms with Gasteiger partial charge in [-0.3, -0.25) is 9.36 Å². The van der Waals surface area contributed by atoms with Gasteiger partial charge >= 0.3 is 0 Å². The van der Waals surface area contributed by atoms with Crippen LogP contribution < -0.4 is 5.32 Å². The number of rotatable bonds is 4. The molecule has 2 aromatic heterocycles. The fraction of sp³-hybridized carbons (Fsp3) is 0.500. The molecule has 2 heterocycles. The molecular formula is C12H19N5. The second-order valence-corrected chi connectivity index (χ2v) is 4.53. The van der Waals surface area contributed by atoms with Crippen molar-refractivity contribution in [1.29, 1.82) is 0 Å². The molecule has 0 aliphatic heterocycles. The van der Waals surface area contributed by atoms with E-state index in [1.54, 1.807) is 0 Å². The maximum atomic E-state index is 4.47. The maximum Gasteiger partial charge on any atom is 0.148 e. The zero-order valence-corrected chi connectivity index (χ0v) is 10.8. The zero-order chi connectivity index (χ0) is 12.4. The first-order valence-corrected chi connectivity index (χ1v) is 5.85. The number of nitrogens with zero attached hydrogens (tertiary/aromatic N) is 4. The van der Waals surface area contributed by atoms with Gasteiger partial charge in [0.2, 0.25) is 0 Å². The van der Waals surface area contributed by atoms with E-state index in [2.05, 4.69) is 29.4 Å². The Morgan fingerprint density at radius 1 is 1.35 bits per heavy atom. The molecule has 0 saturated carbocycles. The lowest BCUT2D eigenvalue weighted by molar-refractivity contribution is 0.527. The van der Waals surface area contributed by atoms with Gasteiger partial charge in [0.25, 0.3) is 0 Å². The number of nitrogens with one attached hydrogen (secondary N) is 1. The minimum absolute atomic E-state index is 0.404. The first kappa shape index (κ1) is 11.7. The summed E-state index contributed by atoms with van der Waals surface area (Å²) in [6.45, 7) is 6.97. The van der Waals surface area contributed by atoms with Crippen LogP contribution in [0.25, 0.3) is 0 Å². The SMILES string of the molecule is Cc1cc(NCc2ccn(C(C)C)n2)nn1C. The van der Waals surface area contributed by atoms with E-state index in [9.17, 15) is 0 Å². The highest BCUT2D eigenvalue weighted by Crippen LogP contribution is 2.09. The lowest BCUT2D eigenvalue weighted by Gasteiger charge is -2.04. The Morgan fingerprint density at radius 3 is 2.65 bits per heavy atom. The predicted molar refractivity (Wildman–Crippen MR) is 67.9 cm³/mol. The summed E-state index contributed by atoms with van der Waals surface area (Å²) in [7, 11) is 1.94. The average molecular weight is 233 g/mol. The summed E-state index contributed by atoms with van der Waals surface area (Å²) < 4.78 is 3.82. The fourth-order valence-corrected chi connectivity index (χ4v) is 1.59. The van der Waals surface area contributed by atoms with Crippen LogP contribution in [0.3, 0.4) is 0 Å². The summed E-state index contributed by atoms with van der Waals surface area (Å²) in [5.74, 6) is 0.893. The number of aromatic nitrogens is 4. The van der Waals surface area contributed by atoms with Crippen molar-refractivity contribution >= 4 is 5.82 Å². The van der Waals surface area contributed by atoms with Crippen molar-refractivity contribution < 1.29 is 0 Å². The van der Waals surface area contributed by atoms with Crippen molar-refractivity contribution in [2.24, 2.45) is 7.05 Å². The van der Waals surface area contributed by atoms with E-state index >= 15 is 0 Å². The minimum Gasteiger partial charge on any atom is -0.363 e. The van der Waals surface area contributed by atoms with Gasteiger partial charge in [0.05, 0.1) is 12.2 Å². The van der Waals surface area contributed by atoms with E-state index in [-0.39, 0.29) is 0 Å². The minimum atomic E-state index is 0.404. The molecule has 0 saturated heterocycles. The largest absolute Gasteiger partial charge is 0.363 e. The second kappa shape index (κ2) is 4.61. The molecule has 0 fully saturated rings. The summed E-state index contributed by atoms with van der Waals surface area (Å²) in [4.78, 5) is 0. The number of hydrogen-bond acceptors (Lipinski definition) is 3. The molecule has 17 heavy (non-hydrogen) atoms. The fourth-order valence-electron chi connectivity index (χ4n) is 1.59. The van der Waals surface area contributed by atoms with Gasteiger partial charge in [-0.1, -0.05) is 0 Å². The maximum absolute atomic E-state index is 4.47. The Labute approximate surface area is 101 Å².